The van der Waals surface area contributed by atoms with Crippen LogP contribution in [-0.4, -0.2) is 35.6 Å². The van der Waals surface area contributed by atoms with Crippen molar-refractivity contribution in [2.45, 2.75) is 26.0 Å². The molecule has 2 aromatic carbocycles. The van der Waals surface area contributed by atoms with Crippen molar-refractivity contribution in [3.8, 4) is 11.5 Å². The second-order valence-corrected chi connectivity index (χ2v) is 7.20. The number of methoxy groups -OCH3 is 2. The van der Waals surface area contributed by atoms with Crippen LogP contribution in [-0.2, 0) is 16.9 Å². The molecule has 7 nitrogen and oxygen atoms in total. The Morgan fingerprint density at radius 2 is 1.79 bits per heavy atom. The normalized spacial score (nSPS) is 18.2. The van der Waals surface area contributed by atoms with Gasteiger partial charge >= 0.3 is 0 Å². The van der Waals surface area contributed by atoms with Gasteiger partial charge in [-0.15, -0.1) is 10.2 Å². The summed E-state index contributed by atoms with van der Waals surface area (Å²) < 4.78 is 32.0. The lowest BCUT2D eigenvalue weighted by atomic mass is 9.91. The minimum Gasteiger partial charge on any atom is -0.493 e. The predicted molar refractivity (Wildman–Crippen MR) is 106 cm³/mol. The number of aromatic nitrogens is 3. The van der Waals surface area contributed by atoms with Gasteiger partial charge in [0.25, 0.3) is 0 Å². The number of fused-ring (bicyclic) bond motifs is 1. The molecule has 4 rings (SSSR count). The quantitative estimate of drug-likeness (QED) is 0.705. The molecule has 1 atom stereocenters. The Morgan fingerprint density at radius 1 is 1.10 bits per heavy atom. The number of hydrogen-bond acceptors (Lipinski definition) is 6. The summed E-state index contributed by atoms with van der Waals surface area (Å²) in [5.41, 5.74) is 2.12. The largest absolute Gasteiger partial charge is 0.493 e. The molecule has 1 aliphatic heterocycles. The van der Waals surface area contributed by atoms with E-state index in [-0.39, 0.29) is 5.82 Å². The van der Waals surface area contributed by atoms with Gasteiger partial charge in [0.2, 0.25) is 5.95 Å². The monoisotopic (exact) mass is 398 g/mol. The summed E-state index contributed by atoms with van der Waals surface area (Å²) in [5.74, 6) is 2.26. The SMILES string of the molecule is COc1cc(C)c(Nc2nnc3n2C(C)(c2ccc(F)cc2)COC3)cc1OC. The number of hydrogen-bond donors (Lipinski definition) is 1. The van der Waals surface area contributed by atoms with Crippen molar-refractivity contribution in [1.82, 2.24) is 14.8 Å². The zero-order valence-corrected chi connectivity index (χ0v) is 16.8. The Bertz CT molecular complexity index is 1040. The highest BCUT2D eigenvalue weighted by Crippen LogP contribution is 2.37. The molecule has 1 unspecified atom stereocenters. The Hall–Kier alpha value is -3.13. The molecule has 152 valence electrons. The first-order valence-electron chi connectivity index (χ1n) is 9.24. The van der Waals surface area contributed by atoms with Crippen LogP contribution in [0.15, 0.2) is 36.4 Å². The fourth-order valence-electron chi connectivity index (χ4n) is 3.67. The highest BCUT2D eigenvalue weighted by Gasteiger charge is 2.38. The highest BCUT2D eigenvalue weighted by atomic mass is 19.1. The van der Waals surface area contributed by atoms with Gasteiger partial charge in [-0.1, -0.05) is 12.1 Å². The van der Waals surface area contributed by atoms with Crippen molar-refractivity contribution in [2.24, 2.45) is 0 Å². The number of aryl methyl sites for hydroxylation is 1. The smallest absolute Gasteiger partial charge is 0.230 e. The van der Waals surface area contributed by atoms with Crippen LogP contribution in [0.4, 0.5) is 16.0 Å². The fourth-order valence-corrected chi connectivity index (χ4v) is 3.67. The van der Waals surface area contributed by atoms with Crippen molar-refractivity contribution in [3.05, 3.63) is 59.2 Å². The molecular formula is C21H23FN4O3. The van der Waals surface area contributed by atoms with Gasteiger partial charge in [-0.2, -0.15) is 0 Å². The number of rotatable bonds is 5. The summed E-state index contributed by atoms with van der Waals surface area (Å²) in [6.45, 7) is 4.78. The second-order valence-electron chi connectivity index (χ2n) is 7.20. The molecule has 1 aromatic heterocycles. The average Bonchev–Trinajstić information content (AvgIpc) is 3.14. The van der Waals surface area contributed by atoms with E-state index >= 15 is 0 Å². The minimum absolute atomic E-state index is 0.280. The topological polar surface area (TPSA) is 70.4 Å². The summed E-state index contributed by atoms with van der Waals surface area (Å²) >= 11 is 0. The third-order valence-electron chi connectivity index (χ3n) is 5.28. The van der Waals surface area contributed by atoms with Crippen LogP contribution in [0.25, 0.3) is 0 Å². The van der Waals surface area contributed by atoms with Crippen LogP contribution < -0.4 is 14.8 Å². The van der Waals surface area contributed by atoms with Gasteiger partial charge in [0.15, 0.2) is 17.3 Å². The number of nitrogens with zero attached hydrogens (tertiary/aromatic N) is 3. The lowest BCUT2D eigenvalue weighted by molar-refractivity contribution is 0.0287. The van der Waals surface area contributed by atoms with Gasteiger partial charge < -0.3 is 19.5 Å². The second kappa shape index (κ2) is 7.36. The van der Waals surface area contributed by atoms with E-state index in [0.29, 0.717) is 36.5 Å². The first-order chi connectivity index (χ1) is 14.0. The number of benzene rings is 2. The van der Waals surface area contributed by atoms with Crippen molar-refractivity contribution < 1.29 is 18.6 Å². The lowest BCUT2D eigenvalue weighted by Crippen LogP contribution is -2.41. The zero-order valence-electron chi connectivity index (χ0n) is 16.8. The van der Waals surface area contributed by atoms with E-state index in [1.54, 1.807) is 26.4 Å². The summed E-state index contributed by atoms with van der Waals surface area (Å²) in [7, 11) is 3.20. The van der Waals surface area contributed by atoms with Gasteiger partial charge in [0.05, 0.1) is 26.4 Å². The number of halogens is 1. The number of anilines is 2. The van der Waals surface area contributed by atoms with Gasteiger partial charge in [-0.25, -0.2) is 4.39 Å². The summed E-state index contributed by atoms with van der Waals surface area (Å²) in [6, 6.07) is 10.2. The van der Waals surface area contributed by atoms with E-state index in [1.165, 1.54) is 12.1 Å². The van der Waals surface area contributed by atoms with Crippen LogP contribution in [0, 0.1) is 12.7 Å². The predicted octanol–water partition coefficient (Wildman–Crippen LogP) is 3.78. The van der Waals surface area contributed by atoms with Crippen molar-refractivity contribution in [3.63, 3.8) is 0 Å². The molecule has 0 fully saturated rings. The molecule has 0 spiro atoms. The van der Waals surface area contributed by atoms with Crippen LogP contribution in [0.1, 0.15) is 23.9 Å². The van der Waals surface area contributed by atoms with Gasteiger partial charge in [-0.3, -0.25) is 4.57 Å². The Kier molecular flexibility index (Phi) is 4.87. The molecule has 0 saturated heterocycles. The maximum Gasteiger partial charge on any atom is 0.230 e. The van der Waals surface area contributed by atoms with Gasteiger partial charge in [0, 0.05) is 11.8 Å². The van der Waals surface area contributed by atoms with Crippen LogP contribution >= 0.6 is 0 Å². The van der Waals surface area contributed by atoms with Crippen molar-refractivity contribution in [1.29, 1.82) is 0 Å². The summed E-state index contributed by atoms with van der Waals surface area (Å²) in [6.07, 6.45) is 0. The maximum atomic E-state index is 13.5. The zero-order chi connectivity index (χ0) is 20.6. The van der Waals surface area contributed by atoms with Crippen LogP contribution in [0.3, 0.4) is 0 Å². The first-order valence-corrected chi connectivity index (χ1v) is 9.24. The Morgan fingerprint density at radius 3 is 2.48 bits per heavy atom. The van der Waals surface area contributed by atoms with E-state index in [4.69, 9.17) is 14.2 Å². The molecule has 8 heteroatoms. The summed E-state index contributed by atoms with van der Waals surface area (Å²) in [4.78, 5) is 0. The molecule has 0 amide bonds. The minimum atomic E-state index is -0.586. The summed E-state index contributed by atoms with van der Waals surface area (Å²) in [5, 5.41) is 12.0. The maximum absolute atomic E-state index is 13.5. The van der Waals surface area contributed by atoms with Crippen LogP contribution in [0.5, 0.6) is 11.5 Å². The Labute approximate surface area is 168 Å². The number of nitrogens with one attached hydrogen (secondary N) is 1. The Balaban J connectivity index is 1.77. The lowest BCUT2D eigenvalue weighted by Gasteiger charge is -2.37. The standard InChI is InChI=1S/C21H23FN4O3/c1-13-9-17(27-3)18(28-4)10-16(13)23-20-25-24-19-11-29-12-21(2,26(19)20)14-5-7-15(22)8-6-14/h5-10H,11-12H2,1-4H3,(H,23,25). The molecule has 29 heavy (non-hydrogen) atoms. The van der Waals surface area contributed by atoms with Crippen molar-refractivity contribution in [2.75, 3.05) is 26.1 Å². The van der Waals surface area contributed by atoms with E-state index in [0.717, 1.165) is 16.8 Å². The average molecular weight is 398 g/mol. The van der Waals surface area contributed by atoms with E-state index in [2.05, 4.69) is 15.5 Å². The van der Waals surface area contributed by atoms with Gasteiger partial charge in [-0.05, 0) is 43.2 Å². The molecule has 1 N–H and O–H groups in total. The molecule has 0 saturated carbocycles. The molecule has 0 aliphatic carbocycles. The third-order valence-corrected chi connectivity index (χ3v) is 5.28. The molecule has 3 aromatic rings. The molecule has 2 heterocycles. The van der Waals surface area contributed by atoms with Crippen molar-refractivity contribution >= 4 is 11.6 Å². The molecular weight excluding hydrogens is 375 g/mol. The molecule has 0 radical (unpaired) electrons. The van der Waals surface area contributed by atoms with Gasteiger partial charge in [0.1, 0.15) is 12.4 Å². The van der Waals surface area contributed by atoms with Crippen LogP contribution in [0.2, 0.25) is 0 Å². The molecule has 1 aliphatic rings. The first kappa shape index (κ1) is 19.2. The fraction of sp³-hybridized carbons (Fsp3) is 0.333. The van der Waals surface area contributed by atoms with E-state index in [9.17, 15) is 4.39 Å². The number of ether oxygens (including phenoxy) is 3. The van der Waals surface area contributed by atoms with E-state index < -0.39 is 5.54 Å². The third kappa shape index (κ3) is 3.29. The molecule has 0 bridgehead atoms. The highest BCUT2D eigenvalue weighted by molar-refractivity contribution is 5.65. The van der Waals surface area contributed by atoms with E-state index in [1.807, 2.05) is 30.5 Å².